The summed E-state index contributed by atoms with van der Waals surface area (Å²) in [7, 11) is 2.14. The molecule has 0 saturated heterocycles. The van der Waals surface area contributed by atoms with Crippen molar-refractivity contribution in [1.82, 2.24) is 9.55 Å². The lowest BCUT2D eigenvalue weighted by atomic mass is 9.95. The largest absolute Gasteiger partial charge is 0.494 e. The molecule has 0 fully saturated rings. The molecule has 0 aliphatic heterocycles. The summed E-state index contributed by atoms with van der Waals surface area (Å²) in [5.41, 5.74) is 6.76. The highest BCUT2D eigenvalue weighted by Gasteiger charge is 2.26. The quantitative estimate of drug-likeness (QED) is 0.305. The molecule has 33 heavy (non-hydrogen) atoms. The van der Waals surface area contributed by atoms with Gasteiger partial charge in [0.1, 0.15) is 5.75 Å². The van der Waals surface area contributed by atoms with Crippen molar-refractivity contribution < 1.29 is 4.74 Å². The third-order valence-corrected chi connectivity index (χ3v) is 5.94. The van der Waals surface area contributed by atoms with Gasteiger partial charge in [-0.05, 0) is 55.0 Å². The summed E-state index contributed by atoms with van der Waals surface area (Å²) in [5, 5.41) is 4.98. The number of ether oxygens (including phenoxy) is 1. The van der Waals surface area contributed by atoms with E-state index >= 15 is 0 Å². The van der Waals surface area contributed by atoms with Gasteiger partial charge in [-0.3, -0.25) is 4.98 Å². The molecule has 0 aliphatic rings. The van der Waals surface area contributed by atoms with E-state index in [0.29, 0.717) is 6.61 Å². The molecule has 0 spiro atoms. The fraction of sp³-hybridized carbons (Fsp3) is 0.138. The first kappa shape index (κ1) is 20.8. The Morgan fingerprint density at radius 3 is 2.30 bits per heavy atom. The zero-order valence-corrected chi connectivity index (χ0v) is 18.9. The highest BCUT2D eigenvalue weighted by Crippen LogP contribution is 2.40. The Morgan fingerprint density at radius 1 is 0.848 bits per heavy atom. The van der Waals surface area contributed by atoms with Crippen LogP contribution in [0, 0.1) is 0 Å². The predicted molar refractivity (Wildman–Crippen MR) is 136 cm³/mol. The minimum Gasteiger partial charge on any atom is -0.494 e. The molecule has 3 aromatic carbocycles. The normalized spacial score (nSPS) is 11.9. The van der Waals surface area contributed by atoms with Gasteiger partial charge in [0, 0.05) is 35.4 Å². The van der Waals surface area contributed by atoms with Crippen molar-refractivity contribution in [3.8, 4) is 17.0 Å². The van der Waals surface area contributed by atoms with E-state index in [4.69, 9.17) is 9.72 Å². The number of pyridine rings is 1. The van der Waals surface area contributed by atoms with Gasteiger partial charge >= 0.3 is 0 Å². The summed E-state index contributed by atoms with van der Waals surface area (Å²) < 4.78 is 7.92. The lowest BCUT2D eigenvalue weighted by Gasteiger charge is -2.22. The second-order valence-electron chi connectivity index (χ2n) is 7.99. The summed E-state index contributed by atoms with van der Waals surface area (Å²) in [4.78, 5) is 4.75. The van der Waals surface area contributed by atoms with E-state index in [1.807, 2.05) is 37.4 Å². The first-order valence-corrected chi connectivity index (χ1v) is 11.3. The summed E-state index contributed by atoms with van der Waals surface area (Å²) >= 11 is 0. The van der Waals surface area contributed by atoms with Gasteiger partial charge in [0.2, 0.25) is 0 Å². The van der Waals surface area contributed by atoms with Crippen LogP contribution in [-0.2, 0) is 7.05 Å². The molecule has 1 atom stereocenters. The first-order valence-electron chi connectivity index (χ1n) is 11.3. The van der Waals surface area contributed by atoms with E-state index in [2.05, 4.69) is 89.7 Å². The average molecular weight is 434 g/mol. The highest BCUT2D eigenvalue weighted by molar-refractivity contribution is 5.93. The number of benzene rings is 3. The van der Waals surface area contributed by atoms with Crippen molar-refractivity contribution >= 4 is 16.6 Å². The Balaban J connectivity index is 1.71. The molecule has 2 heterocycles. The predicted octanol–water partition coefficient (Wildman–Crippen LogP) is 6.84. The number of anilines is 1. The van der Waals surface area contributed by atoms with E-state index in [0.717, 1.165) is 17.1 Å². The number of nitrogens with one attached hydrogen (secondary N) is 1. The standard InChI is InChI=1S/C29H27N3O/c1-3-33-23-18-16-22(17-19-23)31-28(25-14-9-10-20-30-25)27-24-13-7-8-15-26(24)32(2)29(27)21-11-5-4-6-12-21/h4-20,28,31H,3H2,1-2H3/t28-/m1/s1. The monoisotopic (exact) mass is 433 g/mol. The Kier molecular flexibility index (Phi) is 5.81. The van der Waals surface area contributed by atoms with Crippen LogP contribution in [0.3, 0.4) is 0 Å². The summed E-state index contributed by atoms with van der Waals surface area (Å²) in [6, 6.07) is 33.2. The van der Waals surface area contributed by atoms with Gasteiger partial charge in [-0.25, -0.2) is 0 Å². The molecule has 5 rings (SSSR count). The van der Waals surface area contributed by atoms with Crippen molar-refractivity contribution in [2.75, 3.05) is 11.9 Å². The average Bonchev–Trinajstić information content (AvgIpc) is 3.17. The van der Waals surface area contributed by atoms with Crippen molar-refractivity contribution in [3.05, 3.63) is 115 Å². The Morgan fingerprint density at radius 2 is 1.58 bits per heavy atom. The molecule has 0 bridgehead atoms. The lowest BCUT2D eigenvalue weighted by molar-refractivity contribution is 0.340. The fourth-order valence-electron chi connectivity index (χ4n) is 4.48. The van der Waals surface area contributed by atoms with Crippen molar-refractivity contribution in [3.63, 3.8) is 0 Å². The number of hydrogen-bond donors (Lipinski definition) is 1. The number of aromatic nitrogens is 2. The van der Waals surface area contributed by atoms with E-state index in [-0.39, 0.29) is 6.04 Å². The second kappa shape index (κ2) is 9.21. The van der Waals surface area contributed by atoms with E-state index in [9.17, 15) is 0 Å². The van der Waals surface area contributed by atoms with Gasteiger partial charge in [-0.15, -0.1) is 0 Å². The van der Waals surface area contributed by atoms with Crippen LogP contribution in [-0.4, -0.2) is 16.2 Å². The Bertz CT molecular complexity index is 1340. The molecule has 0 aliphatic carbocycles. The molecular formula is C29H27N3O. The maximum absolute atomic E-state index is 5.63. The Hall–Kier alpha value is -4.05. The molecular weight excluding hydrogens is 406 g/mol. The van der Waals surface area contributed by atoms with E-state index in [1.54, 1.807) is 0 Å². The van der Waals surface area contributed by atoms with Crippen LogP contribution in [0.5, 0.6) is 5.75 Å². The molecule has 4 nitrogen and oxygen atoms in total. The van der Waals surface area contributed by atoms with Gasteiger partial charge < -0.3 is 14.6 Å². The topological polar surface area (TPSA) is 39.1 Å². The van der Waals surface area contributed by atoms with Crippen molar-refractivity contribution in [1.29, 1.82) is 0 Å². The lowest BCUT2D eigenvalue weighted by Crippen LogP contribution is -2.15. The molecule has 0 unspecified atom stereocenters. The maximum Gasteiger partial charge on any atom is 0.119 e. The van der Waals surface area contributed by atoms with Crippen molar-refractivity contribution in [2.24, 2.45) is 7.05 Å². The van der Waals surface area contributed by atoms with Crippen LogP contribution >= 0.6 is 0 Å². The smallest absolute Gasteiger partial charge is 0.119 e. The van der Waals surface area contributed by atoms with Crippen molar-refractivity contribution in [2.45, 2.75) is 13.0 Å². The Labute approximate surface area is 194 Å². The fourth-order valence-corrected chi connectivity index (χ4v) is 4.48. The number of rotatable bonds is 7. The van der Waals surface area contributed by atoms with Gasteiger partial charge in [0.25, 0.3) is 0 Å². The van der Waals surface area contributed by atoms with E-state index < -0.39 is 0 Å². The van der Waals surface area contributed by atoms with Crippen LogP contribution in [0.1, 0.15) is 24.2 Å². The zero-order valence-electron chi connectivity index (χ0n) is 18.9. The van der Waals surface area contributed by atoms with Gasteiger partial charge in [0.15, 0.2) is 0 Å². The summed E-state index contributed by atoms with van der Waals surface area (Å²) in [6.45, 7) is 2.65. The molecule has 4 heteroatoms. The van der Waals surface area contributed by atoms with E-state index in [1.165, 1.54) is 27.7 Å². The summed E-state index contributed by atoms with van der Waals surface area (Å²) in [6.07, 6.45) is 1.86. The van der Waals surface area contributed by atoms with Crippen LogP contribution in [0.15, 0.2) is 103 Å². The van der Waals surface area contributed by atoms with Crippen LogP contribution in [0.2, 0.25) is 0 Å². The number of fused-ring (bicyclic) bond motifs is 1. The molecule has 1 N–H and O–H groups in total. The minimum absolute atomic E-state index is 0.134. The number of nitrogens with zero attached hydrogens (tertiary/aromatic N) is 2. The molecule has 0 amide bonds. The maximum atomic E-state index is 5.63. The van der Waals surface area contributed by atoms with Crippen LogP contribution in [0.4, 0.5) is 5.69 Å². The molecule has 5 aromatic rings. The SMILES string of the molecule is CCOc1ccc(N[C@H](c2ccccn2)c2c(-c3ccccc3)n(C)c3ccccc23)cc1. The minimum atomic E-state index is -0.134. The third-order valence-electron chi connectivity index (χ3n) is 5.94. The third kappa shape index (κ3) is 4.08. The molecule has 0 saturated carbocycles. The zero-order chi connectivity index (χ0) is 22.6. The second-order valence-corrected chi connectivity index (χ2v) is 7.99. The number of para-hydroxylation sites is 1. The van der Waals surface area contributed by atoms with Gasteiger partial charge in [0.05, 0.1) is 24.0 Å². The first-order chi connectivity index (χ1) is 16.3. The summed E-state index contributed by atoms with van der Waals surface area (Å²) in [5.74, 6) is 0.868. The number of hydrogen-bond acceptors (Lipinski definition) is 3. The van der Waals surface area contributed by atoms with Crippen LogP contribution in [0.25, 0.3) is 22.2 Å². The molecule has 164 valence electrons. The van der Waals surface area contributed by atoms with Gasteiger partial charge in [-0.2, -0.15) is 0 Å². The number of aryl methyl sites for hydroxylation is 1. The highest BCUT2D eigenvalue weighted by atomic mass is 16.5. The van der Waals surface area contributed by atoms with Crippen LogP contribution < -0.4 is 10.1 Å². The molecule has 0 radical (unpaired) electrons. The molecule has 2 aromatic heterocycles. The van der Waals surface area contributed by atoms with Gasteiger partial charge in [-0.1, -0.05) is 54.6 Å².